The molecule has 0 saturated carbocycles. The van der Waals surface area contributed by atoms with Crippen LogP contribution in [0.3, 0.4) is 0 Å². The van der Waals surface area contributed by atoms with Crippen LogP contribution in [0.4, 0.5) is 23.2 Å². The molecule has 1 aliphatic rings. The van der Waals surface area contributed by atoms with E-state index in [0.717, 1.165) is 47.6 Å². The van der Waals surface area contributed by atoms with E-state index < -0.39 is 29.5 Å². The zero-order chi connectivity index (χ0) is 49.5. The predicted molar refractivity (Wildman–Crippen MR) is 254 cm³/mol. The average molecular weight is 982 g/mol. The van der Waals surface area contributed by atoms with Gasteiger partial charge in [-0.2, -0.15) is 18.3 Å². The van der Waals surface area contributed by atoms with E-state index in [2.05, 4.69) is 60.2 Å². The first-order valence-electron chi connectivity index (χ1n) is 22.5. The van der Waals surface area contributed by atoms with E-state index in [-0.39, 0.29) is 43.0 Å². The highest BCUT2D eigenvalue weighted by atomic mass is 32.2. The first-order chi connectivity index (χ1) is 33.8. The number of amides is 3. The number of unbranched alkanes of at least 4 members (excludes halogenated alkanes) is 2. The van der Waals surface area contributed by atoms with E-state index in [4.69, 9.17) is 9.47 Å². The fourth-order valence-electron chi connectivity index (χ4n) is 7.28. The van der Waals surface area contributed by atoms with Gasteiger partial charge >= 0.3 is 6.18 Å². The number of nitrogens with one attached hydrogen (secondary N) is 4. The van der Waals surface area contributed by atoms with Gasteiger partial charge in [-0.1, -0.05) is 48.6 Å². The van der Waals surface area contributed by atoms with Crippen molar-refractivity contribution >= 4 is 35.2 Å². The van der Waals surface area contributed by atoms with Crippen molar-refractivity contribution in [2.45, 2.75) is 68.9 Å². The van der Waals surface area contributed by atoms with Gasteiger partial charge in [0.1, 0.15) is 42.4 Å². The summed E-state index contributed by atoms with van der Waals surface area (Å²) in [5.74, 6) is 5.94. The average Bonchev–Trinajstić information content (AvgIpc) is 4.02. The largest absolute Gasteiger partial charge is 0.489 e. The lowest BCUT2D eigenvalue weighted by Crippen LogP contribution is -2.49. The van der Waals surface area contributed by atoms with Crippen LogP contribution in [0.15, 0.2) is 102 Å². The molecule has 0 spiro atoms. The molecule has 3 amide bonds. The number of benzene rings is 4. The summed E-state index contributed by atoms with van der Waals surface area (Å²) in [7, 11) is 1.64. The number of aliphatic hydroxyl groups excluding tert-OH is 1. The number of para-hydroxylation sites is 2. The Bertz CT molecular complexity index is 2810. The lowest BCUT2D eigenvalue weighted by Gasteiger charge is -2.19. The van der Waals surface area contributed by atoms with Crippen molar-refractivity contribution in [3.8, 4) is 23.3 Å². The van der Waals surface area contributed by atoms with Crippen LogP contribution in [-0.4, -0.2) is 92.9 Å². The van der Waals surface area contributed by atoms with Crippen molar-refractivity contribution in [3.05, 3.63) is 148 Å². The second-order valence-electron chi connectivity index (χ2n) is 16.2. The van der Waals surface area contributed by atoms with Crippen molar-refractivity contribution in [2.24, 2.45) is 0 Å². The monoisotopic (exact) mass is 981 g/mol. The van der Waals surface area contributed by atoms with Crippen LogP contribution in [0.25, 0.3) is 0 Å². The Kier molecular flexibility index (Phi) is 17.6. The van der Waals surface area contributed by atoms with E-state index in [9.17, 15) is 37.1 Å². The summed E-state index contributed by atoms with van der Waals surface area (Å²) in [4.78, 5) is 45.7. The van der Waals surface area contributed by atoms with Gasteiger partial charge in [-0.15, -0.1) is 16.9 Å². The maximum Gasteiger partial charge on any atom is 0.419 e. The van der Waals surface area contributed by atoms with Crippen LogP contribution in [0.5, 0.6) is 11.5 Å². The van der Waals surface area contributed by atoms with E-state index >= 15 is 0 Å². The van der Waals surface area contributed by atoms with Gasteiger partial charge in [-0.05, 0) is 84.3 Å². The molecule has 0 bridgehead atoms. The summed E-state index contributed by atoms with van der Waals surface area (Å²) in [6, 6.07) is 22.3. The number of ether oxygens (including phenoxy) is 2. The Hall–Kier alpha value is -7.21. The second-order valence-corrected chi connectivity index (χ2v) is 17.3. The number of carbonyl (C=O) groups excluding carboxylic acids is 3. The molecule has 2 aromatic heterocycles. The Labute approximate surface area is 405 Å². The number of thioether (sulfide) groups is 1. The molecular weight excluding hydrogens is 931 g/mol. The standard InChI is InChI=1S/C50H51F4N9O6S/c1-62-42-10-3-4-11-44(42)69-32-41(49(62)67)58-48(66)46-59-45(60-61-46)27-34-12-16-38(17-13-34)70-24-8-2-7-22-63-30-37(29-57-63)47(65)56-20-6-5-9-33-15-19-43(36(25-33)28-55-21-23-64)68-31-35-14-18-40(51)39(26-35)50(52,53)54/h3-4,10-19,25-26,29-30,41,55,64H,2,6-8,20-24,27-28,31-32H2,1H3,(H,56,65)(H,58,66)(H,59,60,61). The van der Waals surface area contributed by atoms with Crippen molar-refractivity contribution in [3.63, 3.8) is 0 Å². The molecule has 1 unspecified atom stereocenters. The predicted octanol–water partition coefficient (Wildman–Crippen LogP) is 6.70. The minimum Gasteiger partial charge on any atom is -0.489 e. The molecule has 7 rings (SSSR count). The highest BCUT2D eigenvalue weighted by molar-refractivity contribution is 7.99. The molecule has 0 aliphatic carbocycles. The van der Waals surface area contributed by atoms with Gasteiger partial charge in [0.2, 0.25) is 5.82 Å². The maximum absolute atomic E-state index is 13.7. The zero-order valence-electron chi connectivity index (χ0n) is 38.2. The van der Waals surface area contributed by atoms with Crippen LogP contribution >= 0.6 is 11.8 Å². The van der Waals surface area contributed by atoms with E-state index in [1.807, 2.05) is 24.3 Å². The van der Waals surface area contributed by atoms with Crippen LogP contribution in [0.1, 0.15) is 80.3 Å². The highest BCUT2D eigenvalue weighted by Gasteiger charge is 2.34. The number of anilines is 1. The Morgan fingerprint density at radius 3 is 2.63 bits per heavy atom. The molecule has 20 heteroatoms. The number of hydrogen-bond donors (Lipinski definition) is 5. The first-order valence-corrected chi connectivity index (χ1v) is 23.5. The minimum atomic E-state index is -4.83. The Morgan fingerprint density at radius 2 is 1.81 bits per heavy atom. The second kappa shape index (κ2) is 24.4. The molecule has 1 atom stereocenters. The quantitative estimate of drug-likeness (QED) is 0.0224. The van der Waals surface area contributed by atoms with Gasteiger partial charge < -0.3 is 35.4 Å². The number of carbonyl (C=O) groups is 3. The summed E-state index contributed by atoms with van der Waals surface area (Å²) in [6.07, 6.45) is 2.12. The molecule has 15 nitrogen and oxygen atoms in total. The Balaban J connectivity index is 0.773. The van der Waals surface area contributed by atoms with Crippen LogP contribution in [0.2, 0.25) is 0 Å². The van der Waals surface area contributed by atoms with Crippen molar-refractivity contribution in [2.75, 3.05) is 44.0 Å². The topological polar surface area (TPSA) is 189 Å². The van der Waals surface area contributed by atoms with Crippen molar-refractivity contribution in [1.82, 2.24) is 40.9 Å². The van der Waals surface area contributed by atoms with Gasteiger partial charge in [-0.3, -0.25) is 24.2 Å². The molecular formula is C50H51F4N9O6S. The number of aliphatic hydroxyl groups is 1. The van der Waals surface area contributed by atoms with Crippen molar-refractivity contribution < 1.29 is 46.5 Å². The van der Waals surface area contributed by atoms with Gasteiger partial charge in [0.05, 0.1) is 29.6 Å². The number of halogens is 4. The van der Waals surface area contributed by atoms with Crippen LogP contribution in [-0.2, 0) is 37.1 Å². The molecule has 0 fully saturated rings. The third kappa shape index (κ3) is 14.2. The lowest BCUT2D eigenvalue weighted by atomic mass is 10.1. The Morgan fingerprint density at radius 1 is 1.00 bits per heavy atom. The van der Waals surface area contributed by atoms with Crippen molar-refractivity contribution in [1.29, 1.82) is 0 Å². The summed E-state index contributed by atoms with van der Waals surface area (Å²) >= 11 is 1.76. The summed E-state index contributed by atoms with van der Waals surface area (Å²) in [6.45, 7) is 1.25. The SMILES string of the molecule is CN1C(=O)C(NC(=O)c2n[nH]c(Cc3ccc(SCCCCCn4cc(C(=O)NCCC#Cc5ccc(OCc6ccc(F)c(C(F)(F)F)c6)c(CNCCO)c5)cn4)cc3)n2)COc2ccccc21. The third-order valence-corrected chi connectivity index (χ3v) is 12.1. The number of alkyl halides is 3. The normalized spacial score (nSPS) is 13.4. The number of likely N-dealkylation sites (N-methyl/N-ethyl adjacent to an activating group) is 1. The van der Waals surface area contributed by atoms with E-state index in [0.29, 0.717) is 78.7 Å². The molecule has 0 radical (unpaired) electrons. The molecule has 1 aliphatic heterocycles. The molecule has 0 saturated heterocycles. The molecule has 70 heavy (non-hydrogen) atoms. The fourth-order valence-corrected chi connectivity index (χ4v) is 8.19. The van der Waals surface area contributed by atoms with Gasteiger partial charge in [0, 0.05) is 68.3 Å². The molecule has 5 N–H and O–H groups in total. The molecule has 3 heterocycles. The summed E-state index contributed by atoms with van der Waals surface area (Å²) in [5.41, 5.74) is 2.17. The molecule has 6 aromatic rings. The van der Waals surface area contributed by atoms with E-state index in [1.165, 1.54) is 17.2 Å². The number of hydrogen-bond acceptors (Lipinski definition) is 11. The number of H-pyrrole nitrogens is 1. The summed E-state index contributed by atoms with van der Waals surface area (Å²) < 4.78 is 66.7. The molecule has 4 aromatic carbocycles. The van der Waals surface area contributed by atoms with Gasteiger partial charge in [-0.25, -0.2) is 9.37 Å². The zero-order valence-corrected chi connectivity index (χ0v) is 39.0. The number of aryl methyl sites for hydroxylation is 1. The number of aromatic nitrogens is 5. The molecule has 366 valence electrons. The number of rotatable bonds is 21. The van der Waals surface area contributed by atoms with E-state index in [1.54, 1.807) is 60.0 Å². The van der Waals surface area contributed by atoms with Crippen LogP contribution < -0.4 is 30.3 Å². The maximum atomic E-state index is 13.7. The minimum absolute atomic E-state index is 0.0164. The van der Waals surface area contributed by atoms with Gasteiger partial charge in [0.15, 0.2) is 0 Å². The van der Waals surface area contributed by atoms with Crippen LogP contribution in [0, 0.1) is 17.7 Å². The number of aromatic amines is 1. The number of fused-ring (bicyclic) bond motifs is 1. The first kappa shape index (κ1) is 50.7. The van der Waals surface area contributed by atoms with Gasteiger partial charge in [0.25, 0.3) is 17.7 Å². The third-order valence-electron chi connectivity index (χ3n) is 11.0. The lowest BCUT2D eigenvalue weighted by molar-refractivity contribution is -0.140. The number of nitrogens with zero attached hydrogens (tertiary/aromatic N) is 5. The smallest absolute Gasteiger partial charge is 0.419 e. The highest BCUT2D eigenvalue weighted by Crippen LogP contribution is 2.33. The summed E-state index contributed by atoms with van der Waals surface area (Å²) in [5, 5.41) is 29.1. The fraction of sp³-hybridized carbons (Fsp3) is 0.320.